The molecule has 2 atom stereocenters. The Kier molecular flexibility index (Phi) is 8.45. The molecule has 0 radical (unpaired) electrons. The van der Waals surface area contributed by atoms with Crippen LogP contribution in [0.1, 0.15) is 48.3 Å². The number of carboxylic acid groups (broad SMARTS) is 1. The third-order valence-electron chi connectivity index (χ3n) is 5.31. The van der Waals surface area contributed by atoms with Gasteiger partial charge in [-0.1, -0.05) is 18.6 Å². The van der Waals surface area contributed by atoms with Gasteiger partial charge in [-0.25, -0.2) is 4.39 Å². The summed E-state index contributed by atoms with van der Waals surface area (Å²) < 4.78 is 90.0. The zero-order valence-corrected chi connectivity index (χ0v) is 17.0. The molecule has 180 valence electrons. The fourth-order valence-corrected chi connectivity index (χ4v) is 3.70. The second-order valence-corrected chi connectivity index (χ2v) is 7.47. The van der Waals surface area contributed by atoms with E-state index in [0.717, 1.165) is 18.2 Å². The Balaban J connectivity index is 0.00000122. The van der Waals surface area contributed by atoms with E-state index in [1.54, 1.807) is 0 Å². The largest absolute Gasteiger partial charge is 0.483 e. The maximum atomic E-state index is 14.0. The Hall–Kier alpha value is -3.11. The first-order chi connectivity index (χ1) is 15.4. The molecule has 2 aromatic rings. The molecule has 1 amide bonds. The minimum atomic E-state index is -4.69. The van der Waals surface area contributed by atoms with Gasteiger partial charge in [0.1, 0.15) is 5.82 Å². The minimum Gasteiger partial charge on any atom is -0.483 e. The molecular formula is C22H20F7NO3. The van der Waals surface area contributed by atoms with Crippen LogP contribution >= 0.6 is 0 Å². The van der Waals surface area contributed by atoms with Gasteiger partial charge in [0, 0.05) is 5.92 Å². The van der Waals surface area contributed by atoms with Gasteiger partial charge in [-0.05, 0) is 61.1 Å². The van der Waals surface area contributed by atoms with Crippen molar-refractivity contribution in [2.45, 2.75) is 44.0 Å². The van der Waals surface area contributed by atoms with E-state index in [-0.39, 0.29) is 18.1 Å². The molecule has 2 aromatic carbocycles. The third-order valence-corrected chi connectivity index (χ3v) is 5.31. The Morgan fingerprint density at radius 3 is 2.00 bits per heavy atom. The molecule has 1 fully saturated rings. The van der Waals surface area contributed by atoms with Gasteiger partial charge in [0.25, 0.3) is 6.47 Å². The van der Waals surface area contributed by atoms with Crippen LogP contribution in [0.3, 0.4) is 0 Å². The number of nitrogens with one attached hydrogen (secondary N) is 1. The zero-order valence-electron chi connectivity index (χ0n) is 17.0. The molecule has 2 unspecified atom stereocenters. The summed E-state index contributed by atoms with van der Waals surface area (Å²) in [5, 5.41) is 9.22. The number of carbonyl (C=O) groups is 2. The van der Waals surface area contributed by atoms with Crippen molar-refractivity contribution in [1.82, 2.24) is 0 Å². The van der Waals surface area contributed by atoms with E-state index in [4.69, 9.17) is 9.90 Å². The van der Waals surface area contributed by atoms with Crippen LogP contribution in [0.25, 0.3) is 0 Å². The van der Waals surface area contributed by atoms with Gasteiger partial charge in [-0.3, -0.25) is 9.59 Å². The maximum absolute atomic E-state index is 14.0. The molecule has 1 aliphatic rings. The van der Waals surface area contributed by atoms with Crippen molar-refractivity contribution in [2.24, 2.45) is 5.92 Å². The highest BCUT2D eigenvalue weighted by Crippen LogP contribution is 2.38. The topological polar surface area (TPSA) is 66.4 Å². The van der Waals surface area contributed by atoms with Crippen LogP contribution in [-0.2, 0) is 21.9 Å². The number of amides is 1. The molecule has 33 heavy (non-hydrogen) atoms. The summed E-state index contributed by atoms with van der Waals surface area (Å²) in [4.78, 5) is 20.9. The van der Waals surface area contributed by atoms with E-state index in [2.05, 4.69) is 5.32 Å². The Bertz CT molecular complexity index is 956. The summed E-state index contributed by atoms with van der Waals surface area (Å²) in [5.41, 5.74) is -1.57. The summed E-state index contributed by atoms with van der Waals surface area (Å²) >= 11 is 0. The molecule has 1 saturated carbocycles. The molecule has 1 aliphatic carbocycles. The molecule has 4 nitrogen and oxygen atoms in total. The standard InChI is InChI=1S/C21H18F7NO.CH2O2/c22-17-11-16(21(26,27)28)8-9-18(17)29-19(30)14-3-1-2-13(10-14)12-4-6-15(7-5-12)20(23,24)25;2-1-3/h4-9,11,13-14H,1-3,10H2,(H,29,30);1H,(H,2,3). The maximum Gasteiger partial charge on any atom is 0.416 e. The number of alkyl halides is 6. The number of halogens is 7. The fourth-order valence-electron chi connectivity index (χ4n) is 3.70. The van der Waals surface area contributed by atoms with Gasteiger partial charge in [0.2, 0.25) is 5.91 Å². The number of hydrogen-bond donors (Lipinski definition) is 2. The minimum absolute atomic E-state index is 0.130. The van der Waals surface area contributed by atoms with E-state index in [0.29, 0.717) is 43.4 Å². The van der Waals surface area contributed by atoms with Crippen LogP contribution in [-0.4, -0.2) is 17.5 Å². The van der Waals surface area contributed by atoms with E-state index >= 15 is 0 Å². The monoisotopic (exact) mass is 479 g/mol. The van der Waals surface area contributed by atoms with Crippen LogP contribution < -0.4 is 5.32 Å². The molecule has 0 bridgehead atoms. The first-order valence-electron chi connectivity index (χ1n) is 9.79. The smallest absolute Gasteiger partial charge is 0.416 e. The first kappa shape index (κ1) is 26.1. The van der Waals surface area contributed by atoms with Gasteiger partial charge >= 0.3 is 12.4 Å². The molecule has 0 spiro atoms. The van der Waals surface area contributed by atoms with Crippen molar-refractivity contribution >= 4 is 18.1 Å². The summed E-state index contributed by atoms with van der Waals surface area (Å²) in [7, 11) is 0. The van der Waals surface area contributed by atoms with Gasteiger partial charge in [-0.2, -0.15) is 26.3 Å². The fraction of sp³-hybridized carbons (Fsp3) is 0.364. The number of hydrogen-bond acceptors (Lipinski definition) is 2. The van der Waals surface area contributed by atoms with Gasteiger partial charge in [0.05, 0.1) is 16.8 Å². The second-order valence-electron chi connectivity index (χ2n) is 7.47. The molecule has 2 N–H and O–H groups in total. The quantitative estimate of drug-likeness (QED) is 0.391. The van der Waals surface area contributed by atoms with E-state index in [1.165, 1.54) is 12.1 Å². The third kappa shape index (κ3) is 7.19. The van der Waals surface area contributed by atoms with E-state index in [1.807, 2.05) is 0 Å². The molecule has 0 aliphatic heterocycles. The van der Waals surface area contributed by atoms with E-state index in [9.17, 15) is 35.5 Å². The highest BCUT2D eigenvalue weighted by molar-refractivity contribution is 5.92. The lowest BCUT2D eigenvalue weighted by Crippen LogP contribution is -2.28. The van der Waals surface area contributed by atoms with Crippen molar-refractivity contribution in [2.75, 3.05) is 5.32 Å². The Morgan fingerprint density at radius 1 is 0.939 bits per heavy atom. The number of benzene rings is 2. The highest BCUT2D eigenvalue weighted by atomic mass is 19.4. The van der Waals surface area contributed by atoms with Crippen LogP contribution in [0.4, 0.5) is 36.4 Å². The van der Waals surface area contributed by atoms with Crippen molar-refractivity contribution in [3.05, 3.63) is 65.0 Å². The summed E-state index contributed by atoms with van der Waals surface area (Å²) in [6, 6.07) is 6.65. The lowest BCUT2D eigenvalue weighted by atomic mass is 9.77. The number of anilines is 1. The van der Waals surface area contributed by atoms with Crippen LogP contribution in [0.15, 0.2) is 42.5 Å². The Labute approximate surface area is 184 Å². The molecule has 0 heterocycles. The average molecular weight is 479 g/mol. The molecule has 0 aromatic heterocycles. The molecule has 3 rings (SSSR count). The Morgan fingerprint density at radius 2 is 1.48 bits per heavy atom. The average Bonchev–Trinajstić information content (AvgIpc) is 2.74. The lowest BCUT2D eigenvalue weighted by molar-refractivity contribution is -0.138. The summed E-state index contributed by atoms with van der Waals surface area (Å²) in [6.45, 7) is -0.250. The van der Waals surface area contributed by atoms with Gasteiger partial charge in [-0.15, -0.1) is 0 Å². The van der Waals surface area contributed by atoms with Gasteiger partial charge in [0.15, 0.2) is 0 Å². The predicted octanol–water partition coefficient (Wildman–Crippen LogP) is 6.48. The molecule has 0 saturated heterocycles. The van der Waals surface area contributed by atoms with E-state index < -0.39 is 41.1 Å². The normalized spacial score (nSPS) is 18.6. The SMILES string of the molecule is O=C(Nc1ccc(C(F)(F)F)cc1F)C1CCCC(c2ccc(C(F)(F)F)cc2)C1.O=CO. The van der Waals surface area contributed by atoms with Crippen molar-refractivity contribution in [1.29, 1.82) is 0 Å². The zero-order chi connectivity index (χ0) is 24.8. The van der Waals surface area contributed by atoms with Crippen LogP contribution in [0.2, 0.25) is 0 Å². The van der Waals surface area contributed by atoms with Crippen molar-refractivity contribution in [3.63, 3.8) is 0 Å². The number of carbonyl (C=O) groups excluding carboxylic acids is 1. The summed E-state index contributed by atoms with van der Waals surface area (Å²) in [6.07, 6.45) is -6.91. The number of rotatable bonds is 3. The van der Waals surface area contributed by atoms with Crippen molar-refractivity contribution in [3.8, 4) is 0 Å². The second kappa shape index (κ2) is 10.7. The lowest BCUT2D eigenvalue weighted by Gasteiger charge is -2.29. The highest BCUT2D eigenvalue weighted by Gasteiger charge is 2.33. The summed E-state index contributed by atoms with van der Waals surface area (Å²) in [5.74, 6) is -2.36. The first-order valence-corrected chi connectivity index (χ1v) is 9.79. The van der Waals surface area contributed by atoms with Gasteiger partial charge < -0.3 is 10.4 Å². The van der Waals surface area contributed by atoms with Crippen LogP contribution in [0, 0.1) is 11.7 Å². The molecule has 11 heteroatoms. The molecular weight excluding hydrogens is 459 g/mol. The van der Waals surface area contributed by atoms with Crippen molar-refractivity contribution < 1.29 is 45.4 Å². The predicted molar refractivity (Wildman–Crippen MR) is 105 cm³/mol. The van der Waals surface area contributed by atoms with Crippen LogP contribution in [0.5, 0.6) is 0 Å².